The zero-order valence-electron chi connectivity index (χ0n) is 29.1. The van der Waals surface area contributed by atoms with Crippen LogP contribution in [0.25, 0.3) is 0 Å². The average molecular weight is 734 g/mol. The number of amides is 2. The molecule has 4 aromatic rings. The molecule has 2 amide bonds. The maximum atomic E-state index is 14.8. The third-order valence-corrected chi connectivity index (χ3v) is 10.9. The molecule has 0 bridgehead atoms. The Hall–Kier alpha value is -4.74. The van der Waals surface area contributed by atoms with Gasteiger partial charge in [0, 0.05) is 30.1 Å². The molecule has 51 heavy (non-hydrogen) atoms. The Labute approximate surface area is 305 Å². The van der Waals surface area contributed by atoms with Crippen LogP contribution in [0.1, 0.15) is 43.7 Å². The molecule has 12 heteroatoms. The fourth-order valence-electron chi connectivity index (χ4n) is 6.26. The normalized spacial score (nSPS) is 13.6. The second kappa shape index (κ2) is 17.5. The molecule has 1 aliphatic rings. The van der Waals surface area contributed by atoms with E-state index in [1.165, 1.54) is 37.3 Å². The van der Waals surface area contributed by atoms with Gasteiger partial charge in [-0.3, -0.25) is 13.9 Å². The van der Waals surface area contributed by atoms with Crippen LogP contribution in [0, 0.1) is 0 Å². The van der Waals surface area contributed by atoms with Crippen LogP contribution in [-0.2, 0) is 32.6 Å². The number of ether oxygens (including phenoxy) is 3. The number of benzene rings is 4. The van der Waals surface area contributed by atoms with E-state index in [0.717, 1.165) is 35.6 Å². The molecule has 1 atom stereocenters. The molecule has 0 spiro atoms. The van der Waals surface area contributed by atoms with Crippen LogP contribution in [0.15, 0.2) is 102 Å². The summed E-state index contributed by atoms with van der Waals surface area (Å²) in [5.74, 6) is 0.243. The van der Waals surface area contributed by atoms with Crippen molar-refractivity contribution in [2.45, 2.75) is 62.6 Å². The lowest BCUT2D eigenvalue weighted by molar-refractivity contribution is -0.140. The van der Waals surface area contributed by atoms with Gasteiger partial charge in [0.1, 0.15) is 18.3 Å². The number of nitrogens with zero attached hydrogens (tertiary/aromatic N) is 2. The molecular weight excluding hydrogens is 690 g/mol. The van der Waals surface area contributed by atoms with Gasteiger partial charge < -0.3 is 24.4 Å². The molecule has 1 aliphatic carbocycles. The van der Waals surface area contributed by atoms with Crippen molar-refractivity contribution in [2.75, 3.05) is 31.7 Å². The first-order chi connectivity index (χ1) is 24.6. The highest BCUT2D eigenvalue weighted by atomic mass is 35.5. The van der Waals surface area contributed by atoms with Crippen LogP contribution in [0.2, 0.25) is 5.02 Å². The number of rotatable bonds is 16. The largest absolute Gasteiger partial charge is 0.494 e. The van der Waals surface area contributed by atoms with Crippen LogP contribution < -0.4 is 23.8 Å². The van der Waals surface area contributed by atoms with Crippen LogP contribution in [0.5, 0.6) is 17.2 Å². The van der Waals surface area contributed by atoms with E-state index in [1.807, 2.05) is 43.3 Å². The lowest BCUT2D eigenvalue weighted by Crippen LogP contribution is -2.54. The Morgan fingerprint density at radius 3 is 2.20 bits per heavy atom. The first-order valence-electron chi connectivity index (χ1n) is 17.0. The molecule has 0 saturated heterocycles. The summed E-state index contributed by atoms with van der Waals surface area (Å²) in [5, 5.41) is 3.66. The first-order valence-corrected chi connectivity index (χ1v) is 18.8. The van der Waals surface area contributed by atoms with Crippen molar-refractivity contribution in [1.82, 2.24) is 10.2 Å². The molecule has 1 saturated carbocycles. The molecule has 1 fully saturated rings. The first kappa shape index (κ1) is 37.5. The van der Waals surface area contributed by atoms with Gasteiger partial charge in [0.15, 0.2) is 11.5 Å². The molecule has 1 N–H and O–H groups in total. The van der Waals surface area contributed by atoms with Crippen molar-refractivity contribution in [2.24, 2.45) is 0 Å². The molecule has 0 aliphatic heterocycles. The van der Waals surface area contributed by atoms with Crippen LogP contribution in [0.4, 0.5) is 5.69 Å². The summed E-state index contributed by atoms with van der Waals surface area (Å²) < 4.78 is 46.5. The SMILES string of the molecule is CCOc1ccc(N(CC(=O)N(Cc2cccc(Cl)c2)C(Cc2ccccc2)C(=O)NC2CCCC2)S(=O)(=O)c2ccc(OC)c(OC)c2)cc1. The van der Waals surface area contributed by atoms with Gasteiger partial charge in [-0.25, -0.2) is 8.42 Å². The smallest absolute Gasteiger partial charge is 0.264 e. The zero-order valence-corrected chi connectivity index (χ0v) is 30.7. The van der Waals surface area contributed by atoms with E-state index in [0.29, 0.717) is 28.7 Å². The van der Waals surface area contributed by atoms with Gasteiger partial charge in [-0.1, -0.05) is 66.9 Å². The maximum absolute atomic E-state index is 14.8. The Morgan fingerprint density at radius 2 is 1.55 bits per heavy atom. The lowest BCUT2D eigenvalue weighted by atomic mass is 10.0. The van der Waals surface area contributed by atoms with Gasteiger partial charge in [-0.05, 0) is 79.4 Å². The Morgan fingerprint density at radius 1 is 0.863 bits per heavy atom. The molecule has 4 aromatic carbocycles. The van der Waals surface area contributed by atoms with E-state index in [4.69, 9.17) is 25.8 Å². The molecule has 5 rings (SSSR count). The summed E-state index contributed by atoms with van der Waals surface area (Å²) in [5.41, 5.74) is 1.78. The number of anilines is 1. The Balaban J connectivity index is 1.59. The van der Waals surface area contributed by atoms with Gasteiger partial charge >= 0.3 is 0 Å². The Bertz CT molecular complexity index is 1880. The predicted octanol–water partition coefficient (Wildman–Crippen LogP) is 6.65. The number of halogens is 1. The second-order valence-electron chi connectivity index (χ2n) is 12.3. The third kappa shape index (κ3) is 9.53. The van der Waals surface area contributed by atoms with E-state index in [9.17, 15) is 18.0 Å². The summed E-state index contributed by atoms with van der Waals surface area (Å²) in [7, 11) is -1.51. The quantitative estimate of drug-likeness (QED) is 0.137. The lowest BCUT2D eigenvalue weighted by Gasteiger charge is -2.34. The van der Waals surface area contributed by atoms with Crippen LogP contribution >= 0.6 is 11.6 Å². The van der Waals surface area contributed by atoms with Gasteiger partial charge in [-0.2, -0.15) is 0 Å². The van der Waals surface area contributed by atoms with Crippen molar-refractivity contribution in [3.63, 3.8) is 0 Å². The van der Waals surface area contributed by atoms with E-state index in [-0.39, 0.29) is 41.2 Å². The van der Waals surface area contributed by atoms with Crippen LogP contribution in [0.3, 0.4) is 0 Å². The van der Waals surface area contributed by atoms with Gasteiger partial charge in [0.25, 0.3) is 10.0 Å². The van der Waals surface area contributed by atoms with Gasteiger partial charge in [-0.15, -0.1) is 0 Å². The van der Waals surface area contributed by atoms with Crippen molar-refractivity contribution in [1.29, 1.82) is 0 Å². The van der Waals surface area contributed by atoms with Crippen molar-refractivity contribution in [3.05, 3.63) is 113 Å². The highest BCUT2D eigenvalue weighted by Crippen LogP contribution is 2.33. The fraction of sp³-hybridized carbons (Fsp3) is 0.333. The predicted molar refractivity (Wildman–Crippen MR) is 198 cm³/mol. The third-order valence-electron chi connectivity index (χ3n) is 8.87. The van der Waals surface area contributed by atoms with Crippen molar-refractivity contribution in [3.8, 4) is 17.2 Å². The van der Waals surface area contributed by atoms with E-state index >= 15 is 0 Å². The topological polar surface area (TPSA) is 114 Å². The zero-order chi connectivity index (χ0) is 36.4. The molecule has 0 heterocycles. The average Bonchev–Trinajstić information content (AvgIpc) is 3.65. The maximum Gasteiger partial charge on any atom is 0.264 e. The van der Waals surface area contributed by atoms with Gasteiger partial charge in [0.2, 0.25) is 11.8 Å². The highest BCUT2D eigenvalue weighted by molar-refractivity contribution is 7.92. The van der Waals surface area contributed by atoms with E-state index < -0.39 is 28.5 Å². The van der Waals surface area contributed by atoms with Crippen molar-refractivity contribution >= 4 is 39.1 Å². The molecule has 270 valence electrons. The number of methoxy groups -OCH3 is 2. The number of carbonyl (C=O) groups is 2. The minimum absolute atomic E-state index is 0.00433. The molecule has 0 radical (unpaired) electrons. The summed E-state index contributed by atoms with van der Waals surface area (Å²) in [6, 6.07) is 26.3. The summed E-state index contributed by atoms with van der Waals surface area (Å²) in [6.07, 6.45) is 3.98. The Kier molecular flexibility index (Phi) is 12.8. The number of carbonyl (C=O) groups excluding carboxylic acids is 2. The number of hydrogen-bond donors (Lipinski definition) is 1. The monoisotopic (exact) mass is 733 g/mol. The standard InChI is InChI=1S/C39H44ClN3O7S/c1-4-50-33-19-17-32(18-20-33)43(51(46,47)34-21-22-36(48-2)37(25-34)49-3)27-38(44)42(26-29-13-10-14-30(40)23-29)35(24-28-11-6-5-7-12-28)39(45)41-31-15-8-9-16-31/h5-7,10-14,17-23,25,31,35H,4,8-9,15-16,24,26-27H2,1-3H3,(H,41,45). The fourth-order valence-corrected chi connectivity index (χ4v) is 7.90. The number of hydrogen-bond acceptors (Lipinski definition) is 7. The van der Waals surface area contributed by atoms with E-state index in [1.54, 1.807) is 42.5 Å². The summed E-state index contributed by atoms with van der Waals surface area (Å²) >= 11 is 6.37. The van der Waals surface area contributed by atoms with Crippen molar-refractivity contribution < 1.29 is 32.2 Å². The number of sulfonamides is 1. The molecule has 0 aromatic heterocycles. The molecule has 1 unspecified atom stereocenters. The summed E-state index contributed by atoms with van der Waals surface area (Å²) in [4.78, 5) is 30.4. The highest BCUT2D eigenvalue weighted by Gasteiger charge is 2.36. The minimum atomic E-state index is -4.38. The minimum Gasteiger partial charge on any atom is -0.494 e. The second-order valence-corrected chi connectivity index (χ2v) is 14.6. The van der Waals surface area contributed by atoms with Gasteiger partial charge in [0.05, 0.1) is 31.4 Å². The van der Waals surface area contributed by atoms with Crippen LogP contribution in [-0.4, -0.2) is 64.6 Å². The number of nitrogens with one attached hydrogen (secondary N) is 1. The van der Waals surface area contributed by atoms with E-state index in [2.05, 4.69) is 5.32 Å². The molecular formula is C39H44ClN3O7S. The summed E-state index contributed by atoms with van der Waals surface area (Å²) in [6.45, 7) is 1.69. The molecule has 10 nitrogen and oxygen atoms in total.